The summed E-state index contributed by atoms with van der Waals surface area (Å²) >= 11 is 5.63. The lowest BCUT2D eigenvalue weighted by molar-refractivity contribution is 0.358. The van der Waals surface area contributed by atoms with Crippen molar-refractivity contribution in [3.8, 4) is 16.9 Å². The fourth-order valence-electron chi connectivity index (χ4n) is 1.71. The Hall–Kier alpha value is -1.94. The molecule has 0 heterocycles. The number of benzene rings is 2. The van der Waals surface area contributed by atoms with Gasteiger partial charge >= 0.3 is 0 Å². The second-order valence-corrected chi connectivity index (χ2v) is 4.33. The van der Waals surface area contributed by atoms with Gasteiger partial charge in [0.2, 0.25) is 0 Å². The molecule has 1 radical (unpaired) electrons. The van der Waals surface area contributed by atoms with Crippen LogP contribution in [0.25, 0.3) is 11.1 Å². The van der Waals surface area contributed by atoms with Gasteiger partial charge in [0, 0.05) is 18.2 Å². The van der Waals surface area contributed by atoms with Crippen LogP contribution in [0.3, 0.4) is 0 Å². The van der Waals surface area contributed by atoms with Crippen LogP contribution >= 0.6 is 11.6 Å². The Morgan fingerprint density at radius 3 is 2.35 bits per heavy atom. The summed E-state index contributed by atoms with van der Waals surface area (Å²) in [5, 5.41) is -0.0641. The molecule has 20 heavy (non-hydrogen) atoms. The third-order valence-corrected chi connectivity index (χ3v) is 2.68. The molecule has 0 aliphatic rings. The fraction of sp³-hybridized carbons (Fsp3) is 0.0667. The van der Waals surface area contributed by atoms with Gasteiger partial charge in [-0.2, -0.15) is 0 Å². The second-order valence-electron chi connectivity index (χ2n) is 3.93. The number of ether oxygens (including phenoxy) is 1. The van der Waals surface area contributed by atoms with Crippen molar-refractivity contribution in [2.75, 3.05) is 6.61 Å². The third kappa shape index (κ3) is 3.14. The van der Waals surface area contributed by atoms with Gasteiger partial charge in [0.15, 0.2) is 0 Å². The van der Waals surface area contributed by atoms with Crippen molar-refractivity contribution in [2.24, 2.45) is 0 Å². The molecular formula is C15H9ClF3O. The minimum Gasteiger partial charge on any atom is -0.489 e. The lowest BCUT2D eigenvalue weighted by Crippen LogP contribution is -1.97. The molecule has 0 saturated carbocycles. The first-order valence-corrected chi connectivity index (χ1v) is 6.00. The Morgan fingerprint density at radius 1 is 1.15 bits per heavy atom. The molecule has 5 heteroatoms. The van der Waals surface area contributed by atoms with E-state index >= 15 is 0 Å². The summed E-state index contributed by atoms with van der Waals surface area (Å²) in [7, 11) is 0. The zero-order valence-electron chi connectivity index (χ0n) is 10.2. The Morgan fingerprint density at radius 2 is 1.80 bits per heavy atom. The van der Waals surface area contributed by atoms with Crippen LogP contribution < -0.4 is 4.74 Å². The highest BCUT2D eigenvalue weighted by molar-refractivity contribution is 6.30. The molecule has 2 rings (SSSR count). The van der Waals surface area contributed by atoms with Gasteiger partial charge in [-0.3, -0.25) is 0 Å². The van der Waals surface area contributed by atoms with Gasteiger partial charge in [0.25, 0.3) is 0 Å². The summed E-state index contributed by atoms with van der Waals surface area (Å²) in [6.07, 6.45) is 1.45. The first-order valence-electron chi connectivity index (χ1n) is 5.62. The molecule has 0 unspecified atom stereocenters. The second kappa shape index (κ2) is 6.01. The monoisotopic (exact) mass is 297 g/mol. The first kappa shape index (κ1) is 14.5. The van der Waals surface area contributed by atoms with Crippen LogP contribution in [0, 0.1) is 23.5 Å². The zero-order valence-corrected chi connectivity index (χ0v) is 11.0. The van der Waals surface area contributed by atoms with Crippen LogP contribution in [0.1, 0.15) is 0 Å². The van der Waals surface area contributed by atoms with Crippen LogP contribution in [0.15, 0.2) is 36.9 Å². The van der Waals surface area contributed by atoms with E-state index in [0.717, 1.165) is 18.2 Å². The number of rotatable bonds is 4. The molecule has 2 aromatic rings. The minimum absolute atomic E-state index is 0.00322. The maximum atomic E-state index is 14.0. The van der Waals surface area contributed by atoms with Gasteiger partial charge in [0.1, 0.15) is 29.8 Å². The highest BCUT2D eigenvalue weighted by Gasteiger charge is 2.15. The maximum absolute atomic E-state index is 14.0. The summed E-state index contributed by atoms with van der Waals surface area (Å²) in [6.45, 7) is 3.56. The van der Waals surface area contributed by atoms with Gasteiger partial charge < -0.3 is 4.74 Å². The smallest absolute Gasteiger partial charge is 0.137 e. The molecule has 0 spiro atoms. The van der Waals surface area contributed by atoms with Crippen molar-refractivity contribution < 1.29 is 17.9 Å². The topological polar surface area (TPSA) is 9.23 Å². The van der Waals surface area contributed by atoms with Gasteiger partial charge in [-0.15, -0.1) is 0 Å². The van der Waals surface area contributed by atoms with Crippen LogP contribution in [0.4, 0.5) is 13.2 Å². The van der Waals surface area contributed by atoms with Crippen molar-refractivity contribution in [3.05, 3.63) is 65.5 Å². The number of halogens is 4. The van der Waals surface area contributed by atoms with E-state index in [1.807, 2.05) is 0 Å². The Labute approximate surface area is 119 Å². The quantitative estimate of drug-likeness (QED) is 0.737. The standard InChI is InChI=1S/C15H9ClF3O/c1-2-3-20-12-7-13(18)15(14(19)8-12)9-4-10(16)6-11(17)5-9/h2,4-5,7-8H,1,3H2. The Bertz CT molecular complexity index is 612. The van der Waals surface area contributed by atoms with Crippen molar-refractivity contribution in [3.63, 3.8) is 0 Å². The average molecular weight is 298 g/mol. The summed E-state index contributed by atoms with van der Waals surface area (Å²) in [5.41, 5.74) is -0.373. The first-order chi connectivity index (χ1) is 9.51. The van der Waals surface area contributed by atoms with Crippen molar-refractivity contribution in [2.45, 2.75) is 0 Å². The van der Waals surface area contributed by atoms with Gasteiger partial charge in [-0.1, -0.05) is 24.3 Å². The number of hydrogen-bond donors (Lipinski definition) is 0. The van der Waals surface area contributed by atoms with Crippen LogP contribution in [0.2, 0.25) is 5.02 Å². The van der Waals surface area contributed by atoms with Gasteiger partial charge in [-0.05, 0) is 17.7 Å². The minimum atomic E-state index is -0.870. The highest BCUT2D eigenvalue weighted by atomic mass is 35.5. The lowest BCUT2D eigenvalue weighted by atomic mass is 10.0. The highest BCUT2D eigenvalue weighted by Crippen LogP contribution is 2.31. The molecule has 0 aromatic heterocycles. The molecule has 0 amide bonds. The van der Waals surface area contributed by atoms with Gasteiger partial charge in [0.05, 0.1) is 10.6 Å². The van der Waals surface area contributed by atoms with Crippen LogP contribution in [0.5, 0.6) is 5.75 Å². The normalized spacial score (nSPS) is 10.4. The summed E-state index contributed by atoms with van der Waals surface area (Å²) in [6, 6.07) is 6.40. The average Bonchev–Trinajstić information content (AvgIpc) is 2.34. The van der Waals surface area contributed by atoms with E-state index in [9.17, 15) is 13.2 Å². The molecule has 0 fully saturated rings. The van der Waals surface area contributed by atoms with Gasteiger partial charge in [-0.25, -0.2) is 13.2 Å². The van der Waals surface area contributed by atoms with E-state index in [4.69, 9.17) is 16.3 Å². The fourth-order valence-corrected chi connectivity index (χ4v) is 1.92. The molecule has 0 saturated heterocycles. The molecule has 0 aliphatic carbocycles. The van der Waals surface area contributed by atoms with E-state index in [2.05, 4.69) is 12.6 Å². The molecule has 1 nitrogen and oxygen atoms in total. The number of hydrogen-bond acceptors (Lipinski definition) is 1. The van der Waals surface area contributed by atoms with E-state index in [-0.39, 0.29) is 28.5 Å². The van der Waals surface area contributed by atoms with E-state index in [1.54, 1.807) is 0 Å². The summed E-state index contributed by atoms with van der Waals surface area (Å²) in [4.78, 5) is 0. The predicted molar refractivity (Wildman–Crippen MR) is 71.3 cm³/mol. The van der Waals surface area contributed by atoms with Crippen molar-refractivity contribution >= 4 is 11.6 Å². The van der Waals surface area contributed by atoms with E-state index < -0.39 is 17.5 Å². The predicted octanol–water partition coefficient (Wildman–Crippen LogP) is 4.79. The molecule has 0 aliphatic heterocycles. The van der Waals surface area contributed by atoms with Crippen molar-refractivity contribution in [1.29, 1.82) is 0 Å². The largest absolute Gasteiger partial charge is 0.489 e. The van der Waals surface area contributed by atoms with Crippen LogP contribution in [-0.2, 0) is 0 Å². The zero-order chi connectivity index (χ0) is 14.7. The van der Waals surface area contributed by atoms with E-state index in [1.165, 1.54) is 12.1 Å². The van der Waals surface area contributed by atoms with Crippen LogP contribution in [-0.4, -0.2) is 6.61 Å². The molecule has 0 N–H and O–H groups in total. The summed E-state index contributed by atoms with van der Waals surface area (Å²) < 4.78 is 46.2. The molecule has 0 atom stereocenters. The lowest BCUT2D eigenvalue weighted by Gasteiger charge is -2.09. The third-order valence-electron chi connectivity index (χ3n) is 2.48. The SMILES string of the molecule is C=CCOc1cc(F)c(-c2cc(F)[c]c(Cl)c2)c(F)c1. The van der Waals surface area contributed by atoms with E-state index in [0.29, 0.717) is 0 Å². The summed E-state index contributed by atoms with van der Waals surface area (Å²) in [5.74, 6) is -2.51. The Balaban J connectivity index is 2.49. The molecule has 2 aromatic carbocycles. The molecule has 103 valence electrons. The maximum Gasteiger partial charge on any atom is 0.137 e. The molecule has 0 bridgehead atoms. The Kier molecular flexibility index (Phi) is 4.35. The van der Waals surface area contributed by atoms with Crippen molar-refractivity contribution in [1.82, 2.24) is 0 Å². The molecular weight excluding hydrogens is 289 g/mol.